The van der Waals surface area contributed by atoms with Crippen LogP contribution in [0, 0.1) is 5.92 Å². The molecule has 2 unspecified atom stereocenters. The summed E-state index contributed by atoms with van der Waals surface area (Å²) in [6, 6.07) is 0. The second-order valence-corrected chi connectivity index (χ2v) is 5.33. The van der Waals surface area contributed by atoms with E-state index in [9.17, 15) is 9.36 Å². The smallest absolute Gasteiger partial charge is 0.463 e. The van der Waals surface area contributed by atoms with Crippen molar-refractivity contribution in [3.8, 4) is 0 Å². The molecule has 0 heterocycles. The summed E-state index contributed by atoms with van der Waals surface area (Å²) < 4.78 is 21.4. The number of esters is 1. The van der Waals surface area contributed by atoms with E-state index < -0.39 is 8.03 Å². The van der Waals surface area contributed by atoms with E-state index in [-0.39, 0.29) is 12.1 Å². The molecule has 88 valence electrons. The lowest BCUT2D eigenvalue weighted by atomic mass is 10.2. The van der Waals surface area contributed by atoms with Crippen LogP contribution in [0.3, 0.4) is 0 Å². The molecule has 0 N–H and O–H groups in total. The molecule has 0 aliphatic rings. The summed E-state index contributed by atoms with van der Waals surface area (Å²) in [6.45, 7) is 7.67. The molecule has 0 fully saturated rings. The highest BCUT2D eigenvalue weighted by molar-refractivity contribution is 7.39. The quantitative estimate of drug-likeness (QED) is 0.503. The van der Waals surface area contributed by atoms with Crippen molar-refractivity contribution in [3.63, 3.8) is 0 Å². The van der Waals surface area contributed by atoms with E-state index in [1.807, 2.05) is 13.8 Å². The summed E-state index contributed by atoms with van der Waals surface area (Å²) in [5, 5.41) is 0. The largest absolute Gasteiger partial charge is 0.508 e. The third-order valence-electron chi connectivity index (χ3n) is 1.64. The predicted molar refractivity (Wildman–Crippen MR) is 59.1 cm³/mol. The number of rotatable bonds is 7. The first kappa shape index (κ1) is 14.5. The maximum atomic E-state index is 11.3. The maximum Gasteiger partial charge on any atom is 0.508 e. The van der Waals surface area contributed by atoms with Gasteiger partial charge in [0, 0.05) is 13.3 Å². The van der Waals surface area contributed by atoms with Crippen molar-refractivity contribution < 1.29 is 18.6 Å². The topological polar surface area (TPSA) is 52.6 Å². The number of hydrogen-bond acceptors (Lipinski definition) is 4. The van der Waals surface area contributed by atoms with Gasteiger partial charge < -0.3 is 4.74 Å². The third-order valence-corrected chi connectivity index (χ3v) is 2.70. The molecule has 0 spiro atoms. The van der Waals surface area contributed by atoms with E-state index in [1.165, 1.54) is 6.92 Å². The molecule has 0 saturated heterocycles. The van der Waals surface area contributed by atoms with Crippen molar-refractivity contribution >= 4 is 14.0 Å². The van der Waals surface area contributed by atoms with Gasteiger partial charge in [-0.05, 0) is 17.4 Å². The first-order valence-corrected chi connectivity index (χ1v) is 6.53. The minimum absolute atomic E-state index is 0.191. The lowest BCUT2D eigenvalue weighted by Crippen LogP contribution is -2.13. The van der Waals surface area contributed by atoms with Crippen molar-refractivity contribution in [3.05, 3.63) is 0 Å². The molecule has 0 bridgehead atoms. The van der Waals surface area contributed by atoms with Gasteiger partial charge in [0.05, 0.1) is 0 Å². The number of ether oxygens (including phenoxy) is 1. The Kier molecular flexibility index (Phi) is 7.53. The SMILES string of the molecule is CC(=O)OC(C)CC[P+](=O)OCC(C)C. The summed E-state index contributed by atoms with van der Waals surface area (Å²) in [5.41, 5.74) is 0. The van der Waals surface area contributed by atoms with Crippen LogP contribution in [0.2, 0.25) is 0 Å². The van der Waals surface area contributed by atoms with Gasteiger partial charge in [0.25, 0.3) is 0 Å². The molecule has 15 heavy (non-hydrogen) atoms. The Morgan fingerprint density at radius 1 is 1.33 bits per heavy atom. The second-order valence-electron chi connectivity index (χ2n) is 3.95. The molecular weight excluding hydrogens is 215 g/mol. The normalized spacial score (nSPS) is 13.8. The van der Waals surface area contributed by atoms with E-state index in [4.69, 9.17) is 9.26 Å². The molecule has 0 radical (unpaired) electrons. The third kappa shape index (κ3) is 9.83. The zero-order valence-corrected chi connectivity index (χ0v) is 10.8. The zero-order valence-electron chi connectivity index (χ0n) is 9.86. The van der Waals surface area contributed by atoms with Crippen molar-refractivity contribution in [2.24, 2.45) is 5.92 Å². The van der Waals surface area contributed by atoms with Gasteiger partial charge in [0.1, 0.15) is 12.7 Å². The molecule has 0 saturated carbocycles. The van der Waals surface area contributed by atoms with Crippen molar-refractivity contribution in [1.82, 2.24) is 0 Å². The van der Waals surface area contributed by atoms with Gasteiger partial charge in [-0.2, -0.15) is 0 Å². The molecular formula is C10H20O4P+. The number of carbonyl (C=O) groups is 1. The Hall–Kier alpha value is -0.470. The molecule has 2 atom stereocenters. The average molecular weight is 235 g/mol. The van der Waals surface area contributed by atoms with Crippen LogP contribution < -0.4 is 0 Å². The molecule has 0 aromatic heterocycles. The Bertz CT molecular complexity index is 215. The fourth-order valence-electron chi connectivity index (χ4n) is 0.926. The monoisotopic (exact) mass is 235 g/mol. The fourth-order valence-corrected chi connectivity index (χ4v) is 2.09. The van der Waals surface area contributed by atoms with Crippen LogP contribution in [0.5, 0.6) is 0 Å². The van der Waals surface area contributed by atoms with Gasteiger partial charge >= 0.3 is 14.0 Å². The molecule has 0 aromatic rings. The average Bonchev–Trinajstić information content (AvgIpc) is 2.10. The Labute approximate surface area is 92.2 Å². The van der Waals surface area contributed by atoms with Crippen LogP contribution in [0.25, 0.3) is 0 Å². The van der Waals surface area contributed by atoms with Crippen LogP contribution in [-0.2, 0) is 18.6 Å². The Balaban J connectivity index is 3.57. The van der Waals surface area contributed by atoms with E-state index in [0.717, 1.165) is 0 Å². The molecule has 0 aliphatic carbocycles. The van der Waals surface area contributed by atoms with Crippen LogP contribution >= 0.6 is 8.03 Å². The van der Waals surface area contributed by atoms with Crippen molar-refractivity contribution in [2.75, 3.05) is 12.8 Å². The number of hydrogen-bond donors (Lipinski definition) is 0. The maximum absolute atomic E-state index is 11.3. The number of carbonyl (C=O) groups excluding carboxylic acids is 1. The van der Waals surface area contributed by atoms with E-state index in [1.54, 1.807) is 6.92 Å². The molecule has 0 rings (SSSR count). The van der Waals surface area contributed by atoms with Gasteiger partial charge in [-0.3, -0.25) is 4.79 Å². The van der Waals surface area contributed by atoms with Gasteiger partial charge in [0.15, 0.2) is 6.16 Å². The first-order valence-electron chi connectivity index (χ1n) is 5.16. The second kappa shape index (κ2) is 7.77. The summed E-state index contributed by atoms with van der Waals surface area (Å²) in [7, 11) is -1.61. The van der Waals surface area contributed by atoms with Crippen molar-refractivity contribution in [2.45, 2.75) is 40.2 Å². The highest BCUT2D eigenvalue weighted by Crippen LogP contribution is 2.25. The van der Waals surface area contributed by atoms with Crippen LogP contribution in [-0.4, -0.2) is 24.8 Å². The van der Waals surface area contributed by atoms with Gasteiger partial charge in [0.2, 0.25) is 0 Å². The summed E-state index contributed by atoms with van der Waals surface area (Å²) in [6.07, 6.45) is 0.827. The standard InChI is InChI=1S/C10H20O4P/c1-8(2)7-13-15(12)6-5-9(3)14-10(4)11/h8-9H,5-7H2,1-4H3/q+1. The van der Waals surface area contributed by atoms with Gasteiger partial charge in [-0.15, -0.1) is 4.52 Å². The summed E-state index contributed by atoms with van der Waals surface area (Å²) >= 11 is 0. The van der Waals surface area contributed by atoms with Crippen LogP contribution in [0.15, 0.2) is 0 Å². The predicted octanol–water partition coefficient (Wildman–Crippen LogP) is 2.74. The van der Waals surface area contributed by atoms with E-state index in [2.05, 4.69) is 0 Å². The molecule has 0 aromatic carbocycles. The Morgan fingerprint density at radius 2 is 1.93 bits per heavy atom. The van der Waals surface area contributed by atoms with Crippen LogP contribution in [0.1, 0.15) is 34.1 Å². The Morgan fingerprint density at radius 3 is 2.40 bits per heavy atom. The van der Waals surface area contributed by atoms with Crippen molar-refractivity contribution in [1.29, 1.82) is 0 Å². The molecule has 0 aliphatic heterocycles. The minimum atomic E-state index is -1.61. The van der Waals surface area contributed by atoms with Gasteiger partial charge in [-0.25, -0.2) is 0 Å². The molecule has 5 heteroatoms. The van der Waals surface area contributed by atoms with Gasteiger partial charge in [-0.1, -0.05) is 13.8 Å². The fraction of sp³-hybridized carbons (Fsp3) is 0.900. The molecule has 4 nitrogen and oxygen atoms in total. The van der Waals surface area contributed by atoms with Crippen LogP contribution in [0.4, 0.5) is 0 Å². The first-order chi connectivity index (χ1) is 6.91. The zero-order chi connectivity index (χ0) is 11.8. The highest BCUT2D eigenvalue weighted by Gasteiger charge is 2.20. The minimum Gasteiger partial charge on any atom is -0.463 e. The lowest BCUT2D eigenvalue weighted by Gasteiger charge is -2.07. The van der Waals surface area contributed by atoms with E-state index in [0.29, 0.717) is 25.1 Å². The molecule has 0 amide bonds. The highest BCUT2D eigenvalue weighted by atomic mass is 31.1. The summed E-state index contributed by atoms with van der Waals surface area (Å²) in [4.78, 5) is 10.6. The lowest BCUT2D eigenvalue weighted by molar-refractivity contribution is -0.145. The summed E-state index contributed by atoms with van der Waals surface area (Å²) in [5.74, 6) is 0.0793. The van der Waals surface area contributed by atoms with E-state index >= 15 is 0 Å².